The zero-order valence-corrected chi connectivity index (χ0v) is 17.4. The minimum absolute atomic E-state index is 0.0345. The van der Waals surface area contributed by atoms with Gasteiger partial charge in [-0.05, 0) is 17.7 Å². The highest BCUT2D eigenvalue weighted by molar-refractivity contribution is 6.43. The number of halogens is 2. The highest BCUT2D eigenvalue weighted by Crippen LogP contribution is 2.54. The van der Waals surface area contributed by atoms with Crippen LogP contribution in [0.1, 0.15) is 39.9 Å². The molecule has 0 radical (unpaired) electrons. The third-order valence-electron chi connectivity index (χ3n) is 4.73. The fraction of sp³-hybridized carbons (Fsp3) is 0.0909. The van der Waals surface area contributed by atoms with Crippen molar-refractivity contribution in [2.45, 2.75) is 12.8 Å². The van der Waals surface area contributed by atoms with E-state index in [9.17, 15) is 19.8 Å². The molecule has 1 atom stereocenters. The maximum Gasteiger partial charge on any atom is 0.386 e. The fourth-order valence-corrected chi connectivity index (χ4v) is 3.94. The molecule has 2 N–H and O–H groups in total. The Morgan fingerprint density at radius 2 is 1.68 bits per heavy atom. The minimum Gasteiger partial charge on any atom is -0.508 e. The van der Waals surface area contributed by atoms with Crippen LogP contribution in [0.25, 0.3) is 0 Å². The van der Waals surface area contributed by atoms with E-state index in [-0.39, 0.29) is 32.9 Å². The predicted molar refractivity (Wildman–Crippen MR) is 111 cm³/mol. The van der Waals surface area contributed by atoms with Gasteiger partial charge in [0.15, 0.2) is 0 Å². The fourth-order valence-electron chi connectivity index (χ4n) is 3.48. The van der Waals surface area contributed by atoms with Crippen molar-refractivity contribution in [2.75, 3.05) is 0 Å². The first-order chi connectivity index (χ1) is 14.8. The summed E-state index contributed by atoms with van der Waals surface area (Å²) >= 11 is 12.7. The Hall–Kier alpha value is -3.42. The first kappa shape index (κ1) is 20.8. The van der Waals surface area contributed by atoms with E-state index in [0.717, 1.165) is 6.92 Å². The van der Waals surface area contributed by atoms with E-state index in [4.69, 9.17) is 27.9 Å². The van der Waals surface area contributed by atoms with Crippen LogP contribution in [-0.4, -0.2) is 22.2 Å². The lowest BCUT2D eigenvalue weighted by Gasteiger charge is -2.30. The molecule has 1 aliphatic heterocycles. The van der Waals surface area contributed by atoms with Gasteiger partial charge in [-0.3, -0.25) is 0 Å². The van der Waals surface area contributed by atoms with E-state index in [0.29, 0.717) is 22.4 Å². The summed E-state index contributed by atoms with van der Waals surface area (Å²) in [6.45, 7) is 1.10. The monoisotopic (exact) mass is 460 g/mol. The smallest absolute Gasteiger partial charge is 0.386 e. The number of benzene rings is 3. The number of aromatic hydroxyl groups is 2. The maximum absolute atomic E-state index is 12.6. The van der Waals surface area contributed by atoms with E-state index >= 15 is 0 Å². The van der Waals surface area contributed by atoms with Gasteiger partial charge in [0.05, 0.1) is 10.6 Å². The molecule has 3 aromatic rings. The van der Waals surface area contributed by atoms with Gasteiger partial charge in [0.1, 0.15) is 28.0 Å². The van der Waals surface area contributed by atoms with Crippen molar-refractivity contribution in [3.05, 3.63) is 80.8 Å². The third-order valence-corrected chi connectivity index (χ3v) is 5.60. The normalized spacial score (nSPS) is 14.1. The summed E-state index contributed by atoms with van der Waals surface area (Å²) in [5.41, 5.74) is 1.57. The zero-order valence-electron chi connectivity index (χ0n) is 15.9. The standard InChI is InChI=1S/C22H14Cl2O7/c1-10(25)30-31-22(28)13-5-3-2-4-12(13)18-14-7-6-11(26)8-16(14)29-17-9-15(27)20(23)21(24)19(17)18/h2-9,18,26-27H,1H3. The second-order valence-electron chi connectivity index (χ2n) is 6.73. The number of rotatable bonds is 2. The van der Waals surface area contributed by atoms with E-state index < -0.39 is 17.9 Å². The molecule has 4 rings (SSSR count). The second-order valence-corrected chi connectivity index (χ2v) is 7.48. The summed E-state index contributed by atoms with van der Waals surface area (Å²) in [5.74, 6) is -2.15. The Morgan fingerprint density at radius 3 is 2.42 bits per heavy atom. The summed E-state index contributed by atoms with van der Waals surface area (Å²) in [6.07, 6.45) is 0. The Bertz CT molecular complexity index is 1220. The van der Waals surface area contributed by atoms with Crippen LogP contribution in [-0.2, 0) is 14.6 Å². The topological polar surface area (TPSA) is 102 Å². The Kier molecular flexibility index (Phi) is 5.39. The van der Waals surface area contributed by atoms with Gasteiger partial charge in [-0.25, -0.2) is 19.4 Å². The number of hydrogen-bond donors (Lipinski definition) is 2. The van der Waals surface area contributed by atoms with Crippen LogP contribution in [0.15, 0.2) is 48.5 Å². The van der Waals surface area contributed by atoms with Crippen molar-refractivity contribution in [1.82, 2.24) is 0 Å². The molecule has 158 valence electrons. The van der Waals surface area contributed by atoms with Gasteiger partial charge in [-0.15, -0.1) is 0 Å². The summed E-state index contributed by atoms with van der Waals surface area (Å²) in [7, 11) is 0. The Labute approximate surface area is 186 Å². The summed E-state index contributed by atoms with van der Waals surface area (Å²) in [4.78, 5) is 32.7. The molecule has 0 fully saturated rings. The summed E-state index contributed by atoms with van der Waals surface area (Å²) in [6, 6.07) is 12.3. The lowest BCUT2D eigenvalue weighted by atomic mass is 9.80. The molecule has 0 aliphatic carbocycles. The van der Waals surface area contributed by atoms with Gasteiger partial charge in [-0.1, -0.05) is 47.5 Å². The van der Waals surface area contributed by atoms with Crippen LogP contribution in [0.3, 0.4) is 0 Å². The summed E-state index contributed by atoms with van der Waals surface area (Å²) < 4.78 is 5.86. The van der Waals surface area contributed by atoms with E-state index in [1.54, 1.807) is 24.3 Å². The average Bonchev–Trinajstić information content (AvgIpc) is 2.74. The molecule has 0 spiro atoms. The van der Waals surface area contributed by atoms with E-state index in [1.807, 2.05) is 0 Å². The number of phenolic OH excluding ortho intramolecular Hbond substituents is 2. The largest absolute Gasteiger partial charge is 0.508 e. The quantitative estimate of drug-likeness (QED) is 0.308. The van der Waals surface area contributed by atoms with E-state index in [2.05, 4.69) is 9.78 Å². The molecule has 1 heterocycles. The molecular weight excluding hydrogens is 447 g/mol. The van der Waals surface area contributed by atoms with Gasteiger partial charge in [0.2, 0.25) is 0 Å². The van der Waals surface area contributed by atoms with Crippen molar-refractivity contribution in [1.29, 1.82) is 0 Å². The first-order valence-corrected chi connectivity index (χ1v) is 9.73. The van der Waals surface area contributed by atoms with Crippen molar-refractivity contribution in [2.24, 2.45) is 0 Å². The maximum atomic E-state index is 12.6. The van der Waals surface area contributed by atoms with Gasteiger partial charge in [0.25, 0.3) is 0 Å². The van der Waals surface area contributed by atoms with Crippen molar-refractivity contribution in [3.63, 3.8) is 0 Å². The van der Waals surface area contributed by atoms with Gasteiger partial charge < -0.3 is 14.9 Å². The highest BCUT2D eigenvalue weighted by Gasteiger charge is 2.35. The predicted octanol–water partition coefficient (Wildman–Crippen LogP) is 5.33. The number of carbonyl (C=O) groups is 2. The van der Waals surface area contributed by atoms with Crippen LogP contribution in [0.2, 0.25) is 10.0 Å². The van der Waals surface area contributed by atoms with Gasteiger partial charge in [0, 0.05) is 36.1 Å². The van der Waals surface area contributed by atoms with Crippen molar-refractivity contribution >= 4 is 35.1 Å². The third kappa shape index (κ3) is 3.73. The van der Waals surface area contributed by atoms with Gasteiger partial charge in [-0.2, -0.15) is 0 Å². The van der Waals surface area contributed by atoms with Crippen LogP contribution in [0, 0.1) is 0 Å². The lowest BCUT2D eigenvalue weighted by molar-refractivity contribution is -0.231. The zero-order chi connectivity index (χ0) is 22.3. The van der Waals surface area contributed by atoms with Crippen LogP contribution in [0.4, 0.5) is 0 Å². The van der Waals surface area contributed by atoms with Crippen LogP contribution < -0.4 is 4.74 Å². The van der Waals surface area contributed by atoms with Crippen LogP contribution in [0.5, 0.6) is 23.0 Å². The molecule has 0 saturated carbocycles. The molecule has 0 saturated heterocycles. The minimum atomic E-state index is -0.889. The van der Waals surface area contributed by atoms with Crippen molar-refractivity contribution < 1.29 is 34.3 Å². The van der Waals surface area contributed by atoms with Crippen molar-refractivity contribution in [3.8, 4) is 23.0 Å². The van der Waals surface area contributed by atoms with Crippen LogP contribution >= 0.6 is 23.2 Å². The summed E-state index contributed by atoms with van der Waals surface area (Å²) in [5, 5.41) is 20.0. The van der Waals surface area contributed by atoms with E-state index in [1.165, 1.54) is 24.3 Å². The molecule has 0 aromatic heterocycles. The SMILES string of the molecule is CC(=O)OOC(=O)c1ccccc1C1c2ccc(O)cc2Oc2cc(O)c(Cl)c(Cl)c21. The average molecular weight is 461 g/mol. The first-order valence-electron chi connectivity index (χ1n) is 8.98. The second kappa shape index (κ2) is 8.02. The number of ether oxygens (including phenoxy) is 1. The van der Waals surface area contributed by atoms with Gasteiger partial charge >= 0.3 is 11.9 Å². The Balaban J connectivity index is 1.95. The molecular formula is C22H14Cl2O7. The Morgan fingerprint density at radius 1 is 0.935 bits per heavy atom. The molecule has 31 heavy (non-hydrogen) atoms. The number of fused-ring (bicyclic) bond motifs is 2. The molecule has 9 heteroatoms. The molecule has 7 nitrogen and oxygen atoms in total. The molecule has 0 bridgehead atoms. The number of carbonyl (C=O) groups excluding carboxylic acids is 2. The number of hydrogen-bond acceptors (Lipinski definition) is 7. The molecule has 1 aliphatic rings. The lowest BCUT2D eigenvalue weighted by Crippen LogP contribution is -2.17. The molecule has 3 aromatic carbocycles. The molecule has 1 unspecified atom stereocenters. The molecule has 0 amide bonds. The highest BCUT2D eigenvalue weighted by atomic mass is 35.5. The number of phenols is 2.